The lowest BCUT2D eigenvalue weighted by Gasteiger charge is -2.25. The van der Waals surface area contributed by atoms with E-state index in [1.807, 2.05) is 36.4 Å². The normalized spacial score (nSPS) is 14.7. The highest BCUT2D eigenvalue weighted by Crippen LogP contribution is 2.27. The van der Waals surface area contributed by atoms with Gasteiger partial charge in [0.25, 0.3) is 0 Å². The minimum absolute atomic E-state index is 0.620. The van der Waals surface area contributed by atoms with Crippen molar-refractivity contribution < 1.29 is 0 Å². The van der Waals surface area contributed by atoms with Crippen molar-refractivity contribution in [1.29, 1.82) is 0 Å². The molecule has 4 N–H and O–H groups in total. The molecular formula is C15H19N5. The van der Waals surface area contributed by atoms with Crippen molar-refractivity contribution in [3.05, 3.63) is 36.4 Å². The molecule has 0 spiro atoms. The summed E-state index contributed by atoms with van der Waals surface area (Å²) in [5.74, 6) is 8.38. The maximum atomic E-state index is 5.49. The number of nitrogen functional groups attached to an aromatic ring is 1. The fraction of sp³-hybridized carbons (Fsp3) is 0.333. The van der Waals surface area contributed by atoms with Gasteiger partial charge in [0.05, 0.1) is 0 Å². The van der Waals surface area contributed by atoms with Crippen molar-refractivity contribution in [2.24, 2.45) is 11.8 Å². The van der Waals surface area contributed by atoms with Gasteiger partial charge in [-0.2, -0.15) is 0 Å². The van der Waals surface area contributed by atoms with Crippen molar-refractivity contribution in [2.75, 3.05) is 17.3 Å². The van der Waals surface area contributed by atoms with Crippen LogP contribution in [0.25, 0.3) is 11.4 Å². The Morgan fingerprint density at radius 3 is 2.50 bits per heavy atom. The smallest absolute Gasteiger partial charge is 0.163 e. The van der Waals surface area contributed by atoms with E-state index >= 15 is 0 Å². The van der Waals surface area contributed by atoms with E-state index in [1.54, 1.807) is 0 Å². The number of benzene rings is 1. The predicted octanol–water partition coefficient (Wildman–Crippen LogP) is 2.64. The molecule has 1 heterocycles. The van der Waals surface area contributed by atoms with E-state index in [-0.39, 0.29) is 0 Å². The lowest BCUT2D eigenvalue weighted by atomic mass is 9.85. The zero-order chi connectivity index (χ0) is 13.8. The second kappa shape index (κ2) is 5.88. The van der Waals surface area contributed by atoms with Gasteiger partial charge < -0.3 is 10.7 Å². The number of rotatable bonds is 5. The van der Waals surface area contributed by atoms with E-state index in [9.17, 15) is 0 Å². The highest BCUT2D eigenvalue weighted by molar-refractivity contribution is 5.60. The van der Waals surface area contributed by atoms with Crippen molar-refractivity contribution in [3.8, 4) is 11.4 Å². The zero-order valence-electron chi connectivity index (χ0n) is 11.3. The summed E-state index contributed by atoms with van der Waals surface area (Å²) in [6, 6.07) is 11.7. The predicted molar refractivity (Wildman–Crippen MR) is 81.1 cm³/mol. The van der Waals surface area contributed by atoms with Crippen LogP contribution in [-0.4, -0.2) is 16.5 Å². The standard InChI is InChI=1S/C15H19N5/c16-20-14-9-13(17-10-11-5-4-6-11)18-15(19-14)12-7-2-1-3-8-12/h1-3,7-9,11H,4-6,10,16H2,(H2,17,18,19,20). The molecule has 1 aliphatic carbocycles. The molecule has 0 saturated heterocycles. The van der Waals surface area contributed by atoms with Crippen LogP contribution < -0.4 is 16.6 Å². The Labute approximate surface area is 118 Å². The van der Waals surface area contributed by atoms with Crippen LogP contribution in [0.3, 0.4) is 0 Å². The number of nitrogens with one attached hydrogen (secondary N) is 2. The SMILES string of the molecule is NNc1cc(NCC2CCC2)nc(-c2ccccc2)n1. The van der Waals surface area contributed by atoms with Crippen molar-refractivity contribution in [3.63, 3.8) is 0 Å². The van der Waals surface area contributed by atoms with Crippen LogP contribution in [-0.2, 0) is 0 Å². The number of nitrogens with two attached hydrogens (primary N) is 1. The highest BCUT2D eigenvalue weighted by atomic mass is 15.3. The minimum Gasteiger partial charge on any atom is -0.370 e. The van der Waals surface area contributed by atoms with E-state index in [4.69, 9.17) is 5.84 Å². The molecule has 0 amide bonds. The second-order valence-corrected chi connectivity index (χ2v) is 5.15. The third-order valence-corrected chi connectivity index (χ3v) is 3.70. The van der Waals surface area contributed by atoms with Gasteiger partial charge in [-0.3, -0.25) is 0 Å². The summed E-state index contributed by atoms with van der Waals surface area (Å²) >= 11 is 0. The molecular weight excluding hydrogens is 250 g/mol. The van der Waals surface area contributed by atoms with Crippen LogP contribution in [0.2, 0.25) is 0 Å². The maximum Gasteiger partial charge on any atom is 0.163 e. The molecule has 0 atom stereocenters. The molecule has 20 heavy (non-hydrogen) atoms. The van der Waals surface area contributed by atoms with E-state index in [0.717, 1.165) is 23.8 Å². The third kappa shape index (κ3) is 2.88. The van der Waals surface area contributed by atoms with Gasteiger partial charge in [-0.1, -0.05) is 36.8 Å². The maximum absolute atomic E-state index is 5.49. The molecule has 5 nitrogen and oxygen atoms in total. The summed E-state index contributed by atoms with van der Waals surface area (Å²) in [5.41, 5.74) is 3.58. The highest BCUT2D eigenvalue weighted by Gasteiger charge is 2.17. The Hall–Kier alpha value is -2.14. The van der Waals surface area contributed by atoms with Gasteiger partial charge in [0.15, 0.2) is 5.82 Å². The monoisotopic (exact) mass is 269 g/mol. The average Bonchev–Trinajstić information content (AvgIpc) is 2.46. The molecule has 104 valence electrons. The molecule has 0 radical (unpaired) electrons. The summed E-state index contributed by atoms with van der Waals surface area (Å²) < 4.78 is 0. The van der Waals surface area contributed by atoms with Crippen LogP contribution >= 0.6 is 0 Å². The van der Waals surface area contributed by atoms with Gasteiger partial charge in [0.1, 0.15) is 11.6 Å². The molecule has 2 aromatic rings. The Morgan fingerprint density at radius 2 is 1.85 bits per heavy atom. The van der Waals surface area contributed by atoms with Gasteiger partial charge in [0.2, 0.25) is 0 Å². The topological polar surface area (TPSA) is 75.9 Å². The Kier molecular flexibility index (Phi) is 3.78. The summed E-state index contributed by atoms with van der Waals surface area (Å²) in [7, 11) is 0. The van der Waals surface area contributed by atoms with Crippen LogP contribution in [0.4, 0.5) is 11.6 Å². The molecule has 3 rings (SSSR count). The first-order valence-electron chi connectivity index (χ1n) is 7.00. The Morgan fingerprint density at radius 1 is 1.10 bits per heavy atom. The summed E-state index contributed by atoms with van der Waals surface area (Å²) in [4.78, 5) is 8.96. The molecule has 0 bridgehead atoms. The van der Waals surface area contributed by atoms with Gasteiger partial charge >= 0.3 is 0 Å². The zero-order valence-corrected chi connectivity index (χ0v) is 11.3. The number of aromatic nitrogens is 2. The second-order valence-electron chi connectivity index (χ2n) is 5.15. The van der Waals surface area contributed by atoms with Crippen LogP contribution in [0.5, 0.6) is 0 Å². The van der Waals surface area contributed by atoms with Crippen LogP contribution in [0.1, 0.15) is 19.3 Å². The Bertz CT molecular complexity index is 566. The molecule has 1 saturated carbocycles. The molecule has 1 aromatic carbocycles. The molecule has 1 fully saturated rings. The molecule has 1 aromatic heterocycles. The van der Waals surface area contributed by atoms with Gasteiger partial charge in [-0.25, -0.2) is 15.8 Å². The van der Waals surface area contributed by atoms with Gasteiger partial charge in [-0.15, -0.1) is 0 Å². The first-order valence-corrected chi connectivity index (χ1v) is 7.00. The quantitative estimate of drug-likeness (QED) is 0.574. The van der Waals surface area contributed by atoms with Crippen molar-refractivity contribution in [1.82, 2.24) is 9.97 Å². The number of hydrogen-bond donors (Lipinski definition) is 3. The number of nitrogens with zero attached hydrogens (tertiary/aromatic N) is 2. The van der Waals surface area contributed by atoms with E-state index in [2.05, 4.69) is 20.7 Å². The molecule has 0 unspecified atom stereocenters. The largest absolute Gasteiger partial charge is 0.370 e. The molecule has 5 heteroatoms. The van der Waals surface area contributed by atoms with Crippen molar-refractivity contribution in [2.45, 2.75) is 19.3 Å². The fourth-order valence-electron chi connectivity index (χ4n) is 2.27. The van der Waals surface area contributed by atoms with Gasteiger partial charge in [-0.05, 0) is 18.8 Å². The summed E-state index contributed by atoms with van der Waals surface area (Å²) in [5, 5.41) is 3.38. The Balaban J connectivity index is 1.82. The lowest BCUT2D eigenvalue weighted by Crippen LogP contribution is -2.21. The minimum atomic E-state index is 0.620. The van der Waals surface area contributed by atoms with Crippen LogP contribution in [0.15, 0.2) is 36.4 Å². The first kappa shape index (κ1) is 12.9. The summed E-state index contributed by atoms with van der Waals surface area (Å²) in [6.45, 7) is 0.968. The molecule has 1 aliphatic rings. The number of anilines is 2. The fourth-order valence-corrected chi connectivity index (χ4v) is 2.27. The third-order valence-electron chi connectivity index (χ3n) is 3.70. The number of hydrazine groups is 1. The van der Waals surface area contributed by atoms with Crippen molar-refractivity contribution >= 4 is 11.6 Å². The van der Waals surface area contributed by atoms with E-state index in [1.165, 1.54) is 19.3 Å². The average molecular weight is 269 g/mol. The summed E-state index contributed by atoms with van der Waals surface area (Å²) in [6.07, 6.45) is 3.97. The first-order chi connectivity index (χ1) is 9.85. The lowest BCUT2D eigenvalue weighted by molar-refractivity contribution is 0.333. The van der Waals surface area contributed by atoms with Crippen LogP contribution in [0, 0.1) is 5.92 Å². The number of hydrogen-bond acceptors (Lipinski definition) is 5. The van der Waals surface area contributed by atoms with E-state index in [0.29, 0.717) is 11.6 Å². The van der Waals surface area contributed by atoms with E-state index < -0.39 is 0 Å². The molecule has 0 aliphatic heterocycles. The van der Waals surface area contributed by atoms with Gasteiger partial charge in [0, 0.05) is 18.2 Å².